The zero-order chi connectivity index (χ0) is 12.8. The molecule has 1 saturated carbocycles. The fourth-order valence-electron chi connectivity index (χ4n) is 1.86. The molecular formula is C15H22N2O. The van der Waals surface area contributed by atoms with Crippen LogP contribution in [0.15, 0.2) is 24.3 Å². The van der Waals surface area contributed by atoms with Gasteiger partial charge < -0.3 is 10.6 Å². The van der Waals surface area contributed by atoms with Gasteiger partial charge >= 0.3 is 0 Å². The monoisotopic (exact) mass is 246 g/mol. The molecule has 1 fully saturated rings. The van der Waals surface area contributed by atoms with Crippen LogP contribution in [-0.4, -0.2) is 18.5 Å². The minimum atomic E-state index is 0.128. The van der Waals surface area contributed by atoms with E-state index in [-0.39, 0.29) is 5.91 Å². The molecule has 0 heterocycles. The highest BCUT2D eigenvalue weighted by molar-refractivity contribution is 5.76. The van der Waals surface area contributed by atoms with Gasteiger partial charge in [-0.2, -0.15) is 0 Å². The van der Waals surface area contributed by atoms with Gasteiger partial charge in [-0.3, -0.25) is 4.79 Å². The summed E-state index contributed by atoms with van der Waals surface area (Å²) in [6, 6.07) is 9.09. The van der Waals surface area contributed by atoms with Crippen molar-refractivity contribution in [3.05, 3.63) is 35.4 Å². The molecular weight excluding hydrogens is 224 g/mol. The Labute approximate surface area is 109 Å². The van der Waals surface area contributed by atoms with Crippen LogP contribution in [0.2, 0.25) is 0 Å². The van der Waals surface area contributed by atoms with Crippen LogP contribution in [0.4, 0.5) is 0 Å². The van der Waals surface area contributed by atoms with Gasteiger partial charge in [0.15, 0.2) is 0 Å². The molecule has 1 aromatic carbocycles. The van der Waals surface area contributed by atoms with E-state index in [0.717, 1.165) is 18.5 Å². The fraction of sp³-hybridized carbons (Fsp3) is 0.533. The molecule has 0 spiro atoms. The molecule has 0 unspecified atom stereocenters. The van der Waals surface area contributed by atoms with Crippen molar-refractivity contribution in [2.24, 2.45) is 0 Å². The molecule has 0 saturated heterocycles. The lowest BCUT2D eigenvalue weighted by molar-refractivity contribution is -0.121. The van der Waals surface area contributed by atoms with E-state index in [2.05, 4.69) is 41.8 Å². The molecule has 3 heteroatoms. The Bertz CT molecular complexity index is 382. The van der Waals surface area contributed by atoms with Crippen molar-refractivity contribution in [1.29, 1.82) is 0 Å². The Morgan fingerprint density at radius 2 is 1.89 bits per heavy atom. The third-order valence-electron chi connectivity index (χ3n) is 3.28. The molecule has 0 aromatic heterocycles. The lowest BCUT2D eigenvalue weighted by Gasteiger charge is -2.06. The first-order chi connectivity index (χ1) is 8.78. The summed E-state index contributed by atoms with van der Waals surface area (Å²) in [4.78, 5) is 11.6. The quantitative estimate of drug-likeness (QED) is 0.772. The first-order valence-corrected chi connectivity index (χ1v) is 6.86. The van der Waals surface area contributed by atoms with E-state index < -0.39 is 0 Å². The minimum absolute atomic E-state index is 0.128. The van der Waals surface area contributed by atoms with Gasteiger partial charge in [-0.15, -0.1) is 0 Å². The fourth-order valence-corrected chi connectivity index (χ4v) is 1.86. The van der Waals surface area contributed by atoms with E-state index in [9.17, 15) is 4.79 Å². The van der Waals surface area contributed by atoms with Gasteiger partial charge in [-0.05, 0) is 30.4 Å². The van der Waals surface area contributed by atoms with Crippen molar-refractivity contribution >= 4 is 5.91 Å². The average Bonchev–Trinajstić information content (AvgIpc) is 3.21. The van der Waals surface area contributed by atoms with Crippen molar-refractivity contribution < 1.29 is 4.79 Å². The van der Waals surface area contributed by atoms with Gasteiger partial charge in [0.05, 0.1) is 0 Å². The van der Waals surface area contributed by atoms with Crippen LogP contribution in [0.5, 0.6) is 0 Å². The Hall–Kier alpha value is -1.35. The standard InChI is InChI=1S/C15H22N2O/c1-2-12-3-5-13(6-4-12)11-17-15(18)9-10-16-14-7-8-14/h3-6,14,16H,2,7-11H2,1H3,(H,17,18). The van der Waals surface area contributed by atoms with Gasteiger partial charge in [0.2, 0.25) is 5.91 Å². The van der Waals surface area contributed by atoms with Gasteiger partial charge in [-0.1, -0.05) is 31.2 Å². The largest absolute Gasteiger partial charge is 0.352 e. The Balaban J connectivity index is 1.64. The molecule has 0 aliphatic heterocycles. The number of amides is 1. The SMILES string of the molecule is CCc1ccc(CNC(=O)CCNC2CC2)cc1. The van der Waals surface area contributed by atoms with Gasteiger partial charge in [0.25, 0.3) is 0 Å². The van der Waals surface area contributed by atoms with Gasteiger partial charge in [0.1, 0.15) is 0 Å². The molecule has 18 heavy (non-hydrogen) atoms. The number of hydrogen-bond acceptors (Lipinski definition) is 2. The predicted octanol–water partition coefficient (Wildman–Crippen LogP) is 2.01. The third-order valence-corrected chi connectivity index (χ3v) is 3.28. The van der Waals surface area contributed by atoms with Crippen molar-refractivity contribution in [1.82, 2.24) is 10.6 Å². The molecule has 1 aliphatic rings. The number of aryl methyl sites for hydroxylation is 1. The average molecular weight is 246 g/mol. The first kappa shape index (κ1) is 13.1. The van der Waals surface area contributed by atoms with Crippen LogP contribution in [0, 0.1) is 0 Å². The number of nitrogens with one attached hydrogen (secondary N) is 2. The molecule has 0 atom stereocenters. The molecule has 98 valence electrons. The molecule has 1 amide bonds. The van der Waals surface area contributed by atoms with Crippen LogP contribution in [0.1, 0.15) is 37.3 Å². The summed E-state index contributed by atoms with van der Waals surface area (Å²) in [5.74, 6) is 0.128. The number of hydrogen-bond donors (Lipinski definition) is 2. The predicted molar refractivity (Wildman–Crippen MR) is 73.3 cm³/mol. The Kier molecular flexibility index (Phi) is 4.76. The zero-order valence-electron chi connectivity index (χ0n) is 11.0. The van der Waals surface area contributed by atoms with E-state index in [1.807, 2.05) is 0 Å². The Morgan fingerprint density at radius 1 is 1.22 bits per heavy atom. The summed E-state index contributed by atoms with van der Waals surface area (Å²) in [6.07, 6.45) is 4.17. The van der Waals surface area contributed by atoms with Gasteiger partial charge in [0, 0.05) is 25.6 Å². The highest BCUT2D eigenvalue weighted by Crippen LogP contribution is 2.18. The summed E-state index contributed by atoms with van der Waals surface area (Å²) in [7, 11) is 0. The summed E-state index contributed by atoms with van der Waals surface area (Å²) < 4.78 is 0. The van der Waals surface area contributed by atoms with E-state index >= 15 is 0 Å². The van der Waals surface area contributed by atoms with E-state index in [0.29, 0.717) is 19.0 Å². The van der Waals surface area contributed by atoms with Crippen LogP contribution in [-0.2, 0) is 17.8 Å². The third kappa shape index (κ3) is 4.49. The maximum Gasteiger partial charge on any atom is 0.221 e. The highest BCUT2D eigenvalue weighted by Gasteiger charge is 2.19. The van der Waals surface area contributed by atoms with E-state index in [4.69, 9.17) is 0 Å². The van der Waals surface area contributed by atoms with Gasteiger partial charge in [-0.25, -0.2) is 0 Å². The summed E-state index contributed by atoms with van der Waals surface area (Å²) in [6.45, 7) is 3.57. The Morgan fingerprint density at radius 3 is 2.50 bits per heavy atom. The lowest BCUT2D eigenvalue weighted by Crippen LogP contribution is -2.28. The number of benzene rings is 1. The second kappa shape index (κ2) is 6.55. The molecule has 0 radical (unpaired) electrons. The van der Waals surface area contributed by atoms with Crippen LogP contribution < -0.4 is 10.6 Å². The second-order valence-electron chi connectivity index (χ2n) is 4.93. The second-order valence-corrected chi connectivity index (χ2v) is 4.93. The molecule has 2 rings (SSSR count). The first-order valence-electron chi connectivity index (χ1n) is 6.86. The molecule has 0 bridgehead atoms. The zero-order valence-corrected chi connectivity index (χ0v) is 11.0. The van der Waals surface area contributed by atoms with Crippen LogP contribution in [0.3, 0.4) is 0 Å². The van der Waals surface area contributed by atoms with E-state index in [1.165, 1.54) is 18.4 Å². The highest BCUT2D eigenvalue weighted by atomic mass is 16.1. The molecule has 1 aliphatic carbocycles. The topological polar surface area (TPSA) is 41.1 Å². The molecule has 3 nitrogen and oxygen atoms in total. The smallest absolute Gasteiger partial charge is 0.221 e. The maximum atomic E-state index is 11.6. The normalized spacial score (nSPS) is 14.5. The lowest BCUT2D eigenvalue weighted by atomic mass is 10.1. The number of carbonyl (C=O) groups is 1. The molecule has 2 N–H and O–H groups in total. The number of rotatable bonds is 7. The summed E-state index contributed by atoms with van der Waals surface area (Å²) in [5.41, 5.74) is 2.49. The van der Waals surface area contributed by atoms with Crippen molar-refractivity contribution in [2.75, 3.05) is 6.54 Å². The van der Waals surface area contributed by atoms with Crippen LogP contribution in [0.25, 0.3) is 0 Å². The van der Waals surface area contributed by atoms with Crippen molar-refractivity contribution in [3.8, 4) is 0 Å². The van der Waals surface area contributed by atoms with E-state index in [1.54, 1.807) is 0 Å². The molecule has 1 aromatic rings. The summed E-state index contributed by atoms with van der Waals surface area (Å²) in [5, 5.41) is 6.29. The van der Waals surface area contributed by atoms with Crippen molar-refractivity contribution in [3.63, 3.8) is 0 Å². The van der Waals surface area contributed by atoms with Crippen LogP contribution >= 0.6 is 0 Å². The van der Waals surface area contributed by atoms with Crippen molar-refractivity contribution in [2.45, 2.75) is 45.2 Å². The summed E-state index contributed by atoms with van der Waals surface area (Å²) >= 11 is 0. The maximum absolute atomic E-state index is 11.6. The minimum Gasteiger partial charge on any atom is -0.352 e. The number of carbonyl (C=O) groups excluding carboxylic acids is 1.